The minimum atomic E-state index is -0.466. The minimum absolute atomic E-state index is 0.00276. The van der Waals surface area contributed by atoms with Gasteiger partial charge in [-0.05, 0) is 36.4 Å². The molecule has 2 heterocycles. The lowest BCUT2D eigenvalue weighted by atomic mass is 10.2. The molecular formula is C17H10BrN5O4S. The first-order valence-electron chi connectivity index (χ1n) is 7.88. The van der Waals surface area contributed by atoms with Crippen molar-refractivity contribution in [2.75, 3.05) is 0 Å². The fourth-order valence-corrected chi connectivity index (χ4v) is 3.12. The average Bonchev–Trinajstić information content (AvgIpc) is 3.37. The predicted molar refractivity (Wildman–Crippen MR) is 103 cm³/mol. The van der Waals surface area contributed by atoms with E-state index in [-0.39, 0.29) is 11.6 Å². The van der Waals surface area contributed by atoms with Crippen LogP contribution in [0, 0.1) is 10.1 Å². The molecule has 0 aliphatic rings. The molecule has 2 aromatic heterocycles. The van der Waals surface area contributed by atoms with Crippen LogP contribution >= 0.6 is 27.7 Å². The molecule has 0 saturated heterocycles. The van der Waals surface area contributed by atoms with Crippen molar-refractivity contribution in [1.29, 1.82) is 0 Å². The van der Waals surface area contributed by atoms with E-state index in [4.69, 9.17) is 8.83 Å². The van der Waals surface area contributed by atoms with E-state index in [2.05, 4.69) is 36.3 Å². The highest BCUT2D eigenvalue weighted by Crippen LogP contribution is 2.27. The van der Waals surface area contributed by atoms with Crippen molar-refractivity contribution in [3.8, 4) is 22.9 Å². The molecule has 140 valence electrons. The summed E-state index contributed by atoms with van der Waals surface area (Å²) >= 11 is 4.65. The Kier molecular flexibility index (Phi) is 5.17. The molecule has 0 fully saturated rings. The van der Waals surface area contributed by atoms with Crippen LogP contribution in [0.4, 0.5) is 5.69 Å². The van der Waals surface area contributed by atoms with Gasteiger partial charge >= 0.3 is 0 Å². The van der Waals surface area contributed by atoms with Crippen LogP contribution in [0.25, 0.3) is 22.9 Å². The van der Waals surface area contributed by atoms with Gasteiger partial charge in [-0.25, -0.2) is 0 Å². The van der Waals surface area contributed by atoms with Crippen molar-refractivity contribution in [2.45, 2.75) is 11.0 Å². The van der Waals surface area contributed by atoms with Crippen molar-refractivity contribution in [3.63, 3.8) is 0 Å². The second kappa shape index (κ2) is 7.90. The Morgan fingerprint density at radius 3 is 2.18 bits per heavy atom. The number of nitro benzene ring substituents is 1. The largest absolute Gasteiger partial charge is 0.420 e. The van der Waals surface area contributed by atoms with Crippen LogP contribution in [0.3, 0.4) is 0 Å². The maximum atomic E-state index is 10.7. The molecule has 4 rings (SSSR count). The van der Waals surface area contributed by atoms with Gasteiger partial charge in [-0.2, -0.15) is 0 Å². The van der Waals surface area contributed by atoms with E-state index in [1.807, 2.05) is 24.3 Å². The average molecular weight is 460 g/mol. The Balaban J connectivity index is 1.41. The molecule has 4 aromatic rings. The molecule has 0 saturated carbocycles. The number of rotatable bonds is 6. The maximum Gasteiger partial charge on any atom is 0.277 e. The standard InChI is InChI=1S/C17H10BrN5O4S/c18-12-5-1-10(2-6-12)16-21-22-17(27-16)28-9-14-19-20-15(26-14)11-3-7-13(8-4-11)23(24)25/h1-8H,9H2. The van der Waals surface area contributed by atoms with Crippen LogP contribution in [0.15, 0.2) is 67.1 Å². The summed E-state index contributed by atoms with van der Waals surface area (Å²) in [6, 6.07) is 13.4. The Hall–Kier alpha value is -3.05. The first kappa shape index (κ1) is 18.3. The fraction of sp³-hybridized carbons (Fsp3) is 0.0588. The highest BCUT2D eigenvalue weighted by atomic mass is 79.9. The molecule has 0 aliphatic heterocycles. The molecular weight excluding hydrogens is 450 g/mol. The third kappa shape index (κ3) is 4.10. The molecule has 2 aromatic carbocycles. The number of benzene rings is 2. The van der Waals surface area contributed by atoms with E-state index < -0.39 is 4.92 Å². The third-order valence-electron chi connectivity index (χ3n) is 3.61. The number of halogens is 1. The van der Waals surface area contributed by atoms with Crippen LogP contribution in [0.1, 0.15) is 5.89 Å². The molecule has 11 heteroatoms. The molecule has 9 nitrogen and oxygen atoms in total. The lowest BCUT2D eigenvalue weighted by Crippen LogP contribution is -1.87. The first-order valence-corrected chi connectivity index (χ1v) is 9.66. The normalized spacial score (nSPS) is 10.9. The van der Waals surface area contributed by atoms with Crippen LogP contribution in [0.5, 0.6) is 0 Å². The molecule has 0 unspecified atom stereocenters. The molecule has 0 N–H and O–H groups in total. The van der Waals surface area contributed by atoms with Gasteiger partial charge in [0.15, 0.2) is 0 Å². The second-order valence-electron chi connectivity index (χ2n) is 5.47. The van der Waals surface area contributed by atoms with Crippen molar-refractivity contribution < 1.29 is 13.8 Å². The van der Waals surface area contributed by atoms with E-state index in [1.165, 1.54) is 23.9 Å². The van der Waals surface area contributed by atoms with Gasteiger partial charge in [0.05, 0.1) is 10.7 Å². The molecule has 0 aliphatic carbocycles. The summed E-state index contributed by atoms with van der Waals surface area (Å²) in [6.45, 7) is 0. The lowest BCUT2D eigenvalue weighted by molar-refractivity contribution is -0.384. The molecule has 0 radical (unpaired) electrons. The number of aromatic nitrogens is 4. The van der Waals surface area contributed by atoms with Crippen LogP contribution in [-0.2, 0) is 5.75 Å². The number of nitrogens with zero attached hydrogens (tertiary/aromatic N) is 5. The number of hydrogen-bond donors (Lipinski definition) is 0. The summed E-state index contributed by atoms with van der Waals surface area (Å²) in [7, 11) is 0. The van der Waals surface area contributed by atoms with Crippen LogP contribution in [-0.4, -0.2) is 25.3 Å². The van der Waals surface area contributed by atoms with Crippen molar-refractivity contribution >= 4 is 33.4 Å². The SMILES string of the molecule is O=[N+]([O-])c1ccc(-c2nnc(CSc3nnc(-c4ccc(Br)cc4)o3)o2)cc1. The highest BCUT2D eigenvalue weighted by molar-refractivity contribution is 9.10. The zero-order chi connectivity index (χ0) is 19.5. The number of non-ortho nitro benzene ring substituents is 1. The van der Waals surface area contributed by atoms with E-state index >= 15 is 0 Å². The highest BCUT2D eigenvalue weighted by Gasteiger charge is 2.14. The quantitative estimate of drug-likeness (QED) is 0.228. The molecule has 0 bridgehead atoms. The summed E-state index contributed by atoms with van der Waals surface area (Å²) in [6.07, 6.45) is 0. The third-order valence-corrected chi connectivity index (χ3v) is 4.94. The zero-order valence-corrected chi connectivity index (χ0v) is 16.4. The maximum absolute atomic E-state index is 10.7. The van der Waals surface area contributed by atoms with Gasteiger partial charge in [-0.15, -0.1) is 20.4 Å². The van der Waals surface area contributed by atoms with Gasteiger partial charge in [-0.1, -0.05) is 27.7 Å². The monoisotopic (exact) mass is 459 g/mol. The van der Waals surface area contributed by atoms with Gasteiger partial charge < -0.3 is 8.83 Å². The van der Waals surface area contributed by atoms with Gasteiger partial charge in [0.1, 0.15) is 0 Å². The van der Waals surface area contributed by atoms with Crippen molar-refractivity contribution in [3.05, 3.63) is 69.0 Å². The molecule has 0 atom stereocenters. The topological polar surface area (TPSA) is 121 Å². The summed E-state index contributed by atoms with van der Waals surface area (Å²) in [5.74, 6) is 1.43. The second-order valence-corrected chi connectivity index (χ2v) is 7.32. The van der Waals surface area contributed by atoms with E-state index in [0.717, 1.165) is 10.0 Å². The molecule has 0 spiro atoms. The fourth-order valence-electron chi connectivity index (χ4n) is 2.26. The first-order chi connectivity index (χ1) is 13.6. The number of hydrogen-bond acceptors (Lipinski definition) is 9. The van der Waals surface area contributed by atoms with E-state index in [1.54, 1.807) is 12.1 Å². The summed E-state index contributed by atoms with van der Waals surface area (Å²) in [4.78, 5) is 10.2. The van der Waals surface area contributed by atoms with E-state index in [9.17, 15) is 10.1 Å². The van der Waals surface area contributed by atoms with Gasteiger partial charge in [0, 0.05) is 27.7 Å². The summed E-state index contributed by atoms with van der Waals surface area (Å²) in [5, 5.41) is 27.1. The number of nitro groups is 1. The minimum Gasteiger partial charge on any atom is -0.420 e. The Morgan fingerprint density at radius 2 is 1.50 bits per heavy atom. The van der Waals surface area contributed by atoms with Crippen molar-refractivity contribution in [2.24, 2.45) is 0 Å². The van der Waals surface area contributed by atoms with Gasteiger partial charge in [-0.3, -0.25) is 10.1 Å². The Labute approximate surface area is 170 Å². The summed E-state index contributed by atoms with van der Waals surface area (Å²) < 4.78 is 12.2. The predicted octanol–water partition coefficient (Wildman–Crippen LogP) is 4.75. The van der Waals surface area contributed by atoms with Crippen LogP contribution < -0.4 is 0 Å². The Bertz CT molecular complexity index is 1110. The van der Waals surface area contributed by atoms with Gasteiger partial charge in [0.25, 0.3) is 10.9 Å². The molecule has 0 amide bonds. The zero-order valence-electron chi connectivity index (χ0n) is 14.0. The summed E-state index contributed by atoms with van der Waals surface area (Å²) in [5.41, 5.74) is 1.42. The number of thioether (sulfide) groups is 1. The van der Waals surface area contributed by atoms with Crippen LogP contribution in [0.2, 0.25) is 0 Å². The lowest BCUT2D eigenvalue weighted by Gasteiger charge is -1.95. The van der Waals surface area contributed by atoms with Crippen molar-refractivity contribution in [1.82, 2.24) is 20.4 Å². The Morgan fingerprint density at radius 1 is 0.893 bits per heavy atom. The molecule has 28 heavy (non-hydrogen) atoms. The van der Waals surface area contributed by atoms with E-state index in [0.29, 0.717) is 28.3 Å². The van der Waals surface area contributed by atoms with Gasteiger partial charge in [0.2, 0.25) is 17.7 Å². The smallest absolute Gasteiger partial charge is 0.277 e.